The first-order chi connectivity index (χ1) is 18.8. The van der Waals surface area contributed by atoms with Gasteiger partial charge in [0.05, 0.1) is 11.9 Å². The van der Waals surface area contributed by atoms with E-state index in [1.807, 2.05) is 11.0 Å². The summed E-state index contributed by atoms with van der Waals surface area (Å²) in [5.74, 6) is 1.02. The van der Waals surface area contributed by atoms with Crippen molar-refractivity contribution in [2.24, 2.45) is 0 Å². The van der Waals surface area contributed by atoms with Gasteiger partial charge in [0.2, 0.25) is 0 Å². The summed E-state index contributed by atoms with van der Waals surface area (Å²) >= 11 is 0. The van der Waals surface area contributed by atoms with Gasteiger partial charge in [0.25, 0.3) is 5.91 Å². The minimum atomic E-state index is -0.809. The first-order valence-electron chi connectivity index (χ1n) is 14.5. The maximum atomic E-state index is 13.1. The van der Waals surface area contributed by atoms with Crippen LogP contribution in [0.1, 0.15) is 51.0 Å². The topological polar surface area (TPSA) is 88.6 Å². The van der Waals surface area contributed by atoms with Crippen molar-refractivity contribution in [1.29, 1.82) is 0 Å². The van der Waals surface area contributed by atoms with Crippen LogP contribution >= 0.6 is 0 Å². The molecule has 212 valence electrons. The van der Waals surface area contributed by atoms with Crippen LogP contribution in [0.25, 0.3) is 0 Å². The molecule has 9 heteroatoms. The summed E-state index contributed by atoms with van der Waals surface area (Å²) in [6.07, 6.45) is 5.11. The molecule has 0 radical (unpaired) electrons. The number of amides is 2. The Bertz CT molecular complexity index is 1080. The molecule has 4 heterocycles. The SMILES string of the molecule is C=C(O)C1CCCN1C1CCN(C(=O)[C@@H](C)OC(=O)N2CCC(N3CCc4ccccc4NC3=C)CC2)CC1. The molecule has 0 spiro atoms. The molecule has 0 bridgehead atoms. The maximum absolute atomic E-state index is 13.1. The fourth-order valence-corrected chi connectivity index (χ4v) is 6.76. The van der Waals surface area contributed by atoms with E-state index in [1.165, 1.54) is 5.56 Å². The largest absolute Gasteiger partial charge is 0.511 e. The van der Waals surface area contributed by atoms with E-state index in [-0.39, 0.29) is 17.7 Å². The summed E-state index contributed by atoms with van der Waals surface area (Å²) < 4.78 is 5.64. The fraction of sp³-hybridized carbons (Fsp3) is 0.600. The van der Waals surface area contributed by atoms with Gasteiger partial charge in [-0.05, 0) is 70.0 Å². The smallest absolute Gasteiger partial charge is 0.410 e. The van der Waals surface area contributed by atoms with Gasteiger partial charge in [-0.25, -0.2) is 4.79 Å². The fourth-order valence-electron chi connectivity index (χ4n) is 6.76. The summed E-state index contributed by atoms with van der Waals surface area (Å²) in [6, 6.07) is 9.02. The van der Waals surface area contributed by atoms with Crippen molar-refractivity contribution < 1.29 is 19.4 Å². The first kappa shape index (κ1) is 27.4. The number of fused-ring (bicyclic) bond motifs is 1. The van der Waals surface area contributed by atoms with Gasteiger partial charge in [-0.15, -0.1) is 0 Å². The molecule has 4 aliphatic heterocycles. The van der Waals surface area contributed by atoms with Gasteiger partial charge < -0.3 is 29.9 Å². The molecule has 1 aromatic carbocycles. The van der Waals surface area contributed by atoms with Gasteiger partial charge in [-0.2, -0.15) is 0 Å². The standard InChI is InChI=1S/C30H43N5O4/c1-21(36)28-9-6-15-35(28)26-11-16-32(17-12-26)29(37)22(2)39-30(38)33-18-13-25(14-19-33)34-20-10-24-7-4-5-8-27(24)31-23(34)3/h4-5,7-8,22,25-26,28,31,36H,1,3,6,9-20H2,2H3/t22-,28?/m1/s1. The zero-order chi connectivity index (χ0) is 27.5. The Morgan fingerprint density at radius 2 is 1.64 bits per heavy atom. The Balaban J connectivity index is 1.06. The zero-order valence-electron chi connectivity index (χ0n) is 23.2. The third-order valence-corrected chi connectivity index (χ3v) is 8.98. The van der Waals surface area contributed by atoms with E-state index in [0.29, 0.717) is 38.3 Å². The number of piperidine rings is 2. The summed E-state index contributed by atoms with van der Waals surface area (Å²) in [5, 5.41) is 13.4. The molecular weight excluding hydrogens is 494 g/mol. The minimum Gasteiger partial charge on any atom is -0.511 e. The van der Waals surface area contributed by atoms with E-state index in [1.54, 1.807) is 11.8 Å². The molecule has 0 saturated carbocycles. The van der Waals surface area contributed by atoms with Gasteiger partial charge in [0.1, 0.15) is 5.76 Å². The first-order valence-corrected chi connectivity index (χ1v) is 14.5. The van der Waals surface area contributed by atoms with Gasteiger partial charge >= 0.3 is 6.09 Å². The van der Waals surface area contributed by atoms with Crippen molar-refractivity contribution in [2.75, 3.05) is 44.6 Å². The van der Waals surface area contributed by atoms with E-state index < -0.39 is 12.2 Å². The van der Waals surface area contributed by atoms with E-state index >= 15 is 0 Å². The summed E-state index contributed by atoms with van der Waals surface area (Å²) in [7, 11) is 0. The van der Waals surface area contributed by atoms with E-state index in [4.69, 9.17) is 4.74 Å². The third kappa shape index (κ3) is 6.03. The highest BCUT2D eigenvalue weighted by Crippen LogP contribution is 2.30. The molecule has 5 rings (SSSR count). The highest BCUT2D eigenvalue weighted by atomic mass is 16.6. The van der Waals surface area contributed by atoms with Crippen molar-refractivity contribution in [3.63, 3.8) is 0 Å². The Labute approximate surface area is 232 Å². The Kier molecular flexibility index (Phi) is 8.35. The summed E-state index contributed by atoms with van der Waals surface area (Å²) in [4.78, 5) is 34.2. The van der Waals surface area contributed by atoms with Crippen LogP contribution in [-0.2, 0) is 16.0 Å². The molecule has 9 nitrogen and oxygen atoms in total. The normalized spacial score (nSPS) is 24.1. The van der Waals surface area contributed by atoms with Crippen molar-refractivity contribution in [2.45, 2.75) is 76.1 Å². The summed E-state index contributed by atoms with van der Waals surface area (Å²) in [6.45, 7) is 14.0. The lowest BCUT2D eigenvalue weighted by Gasteiger charge is -2.40. The van der Waals surface area contributed by atoms with E-state index in [2.05, 4.69) is 46.5 Å². The van der Waals surface area contributed by atoms with Crippen LogP contribution in [0.15, 0.2) is 49.0 Å². The van der Waals surface area contributed by atoms with Gasteiger partial charge in [-0.1, -0.05) is 31.4 Å². The predicted octanol–water partition coefficient (Wildman–Crippen LogP) is 3.94. The number of carbonyl (C=O) groups excluding carboxylic acids is 2. The Morgan fingerprint density at radius 1 is 0.974 bits per heavy atom. The van der Waals surface area contributed by atoms with Crippen LogP contribution in [0.3, 0.4) is 0 Å². The number of hydrogen-bond acceptors (Lipinski definition) is 7. The van der Waals surface area contributed by atoms with Crippen LogP contribution in [0, 0.1) is 0 Å². The van der Waals surface area contributed by atoms with Gasteiger partial charge in [-0.3, -0.25) is 9.69 Å². The van der Waals surface area contributed by atoms with Gasteiger partial charge in [0, 0.05) is 50.5 Å². The Hall–Kier alpha value is -3.20. The van der Waals surface area contributed by atoms with Crippen LogP contribution in [0.5, 0.6) is 0 Å². The van der Waals surface area contributed by atoms with Crippen LogP contribution in [0.2, 0.25) is 0 Å². The molecule has 3 saturated heterocycles. The average Bonchev–Trinajstić information content (AvgIpc) is 3.38. The number of aliphatic hydroxyl groups is 1. The number of para-hydroxylation sites is 1. The van der Waals surface area contributed by atoms with E-state index in [9.17, 15) is 14.7 Å². The number of nitrogens with one attached hydrogen (secondary N) is 1. The minimum absolute atomic E-state index is 0.0336. The lowest BCUT2D eigenvalue weighted by atomic mass is 10.0. The number of aliphatic hydroxyl groups excluding tert-OH is 1. The number of anilines is 1. The molecule has 0 aromatic heterocycles. The second-order valence-electron chi connectivity index (χ2n) is 11.4. The maximum Gasteiger partial charge on any atom is 0.410 e. The van der Waals surface area contributed by atoms with Crippen LogP contribution in [-0.4, -0.2) is 100 Å². The number of hydrogen-bond donors (Lipinski definition) is 2. The lowest BCUT2D eigenvalue weighted by molar-refractivity contribution is -0.141. The van der Waals surface area contributed by atoms with Crippen molar-refractivity contribution in [3.05, 3.63) is 54.6 Å². The monoisotopic (exact) mass is 537 g/mol. The number of ether oxygens (including phenoxy) is 1. The Morgan fingerprint density at radius 3 is 2.36 bits per heavy atom. The number of likely N-dealkylation sites (tertiary alicyclic amines) is 3. The van der Waals surface area contributed by atoms with Gasteiger partial charge in [0.15, 0.2) is 6.10 Å². The molecule has 2 atom stereocenters. The number of rotatable bonds is 5. The zero-order valence-corrected chi connectivity index (χ0v) is 23.2. The second-order valence-corrected chi connectivity index (χ2v) is 11.4. The third-order valence-electron chi connectivity index (χ3n) is 8.98. The van der Waals surface area contributed by atoms with Crippen LogP contribution in [0.4, 0.5) is 10.5 Å². The number of carbonyl (C=O) groups is 2. The molecule has 0 aliphatic carbocycles. The number of benzene rings is 1. The number of nitrogens with zero attached hydrogens (tertiary/aromatic N) is 4. The highest BCUT2D eigenvalue weighted by Gasteiger charge is 2.37. The highest BCUT2D eigenvalue weighted by molar-refractivity contribution is 5.83. The van der Waals surface area contributed by atoms with Crippen molar-refractivity contribution >= 4 is 17.7 Å². The molecule has 2 amide bonds. The molecular formula is C30H43N5O4. The van der Waals surface area contributed by atoms with Crippen molar-refractivity contribution in [3.8, 4) is 0 Å². The van der Waals surface area contributed by atoms with Crippen LogP contribution < -0.4 is 5.32 Å². The molecule has 4 aliphatic rings. The lowest BCUT2D eigenvalue weighted by Crippen LogP contribution is -2.51. The summed E-state index contributed by atoms with van der Waals surface area (Å²) in [5.41, 5.74) is 2.41. The molecule has 3 fully saturated rings. The van der Waals surface area contributed by atoms with E-state index in [0.717, 1.165) is 69.5 Å². The second kappa shape index (κ2) is 11.9. The molecule has 1 aromatic rings. The average molecular weight is 538 g/mol. The molecule has 2 N–H and O–H groups in total. The van der Waals surface area contributed by atoms with Crippen molar-refractivity contribution in [1.82, 2.24) is 19.6 Å². The molecule has 39 heavy (non-hydrogen) atoms. The predicted molar refractivity (Wildman–Crippen MR) is 151 cm³/mol. The quantitative estimate of drug-likeness (QED) is 0.550. The molecule has 1 unspecified atom stereocenters.